The van der Waals surface area contributed by atoms with Crippen molar-refractivity contribution < 1.29 is 14.3 Å². The molecular formula is C22H26N4O3. The number of fused-ring (bicyclic) bond motifs is 1. The van der Waals surface area contributed by atoms with Crippen LogP contribution in [0.3, 0.4) is 0 Å². The van der Waals surface area contributed by atoms with Crippen LogP contribution in [0, 0.1) is 0 Å². The fraction of sp³-hybridized carbons (Fsp3) is 0.409. The molecule has 0 radical (unpaired) electrons. The second-order valence-corrected chi connectivity index (χ2v) is 7.46. The summed E-state index contributed by atoms with van der Waals surface area (Å²) in [4.78, 5) is 12.5. The molecule has 152 valence electrons. The van der Waals surface area contributed by atoms with Crippen LogP contribution in [-0.2, 0) is 11.3 Å². The van der Waals surface area contributed by atoms with Crippen LogP contribution in [0.25, 0.3) is 11.0 Å². The maximum Gasteiger partial charge on any atom is 0.242 e. The summed E-state index contributed by atoms with van der Waals surface area (Å²) in [5.41, 5.74) is 2.57. The zero-order valence-corrected chi connectivity index (χ0v) is 16.8. The minimum Gasteiger partial charge on any atom is -0.493 e. The van der Waals surface area contributed by atoms with E-state index >= 15 is 0 Å². The molecule has 2 aromatic carbocycles. The van der Waals surface area contributed by atoms with Crippen LogP contribution < -0.4 is 14.8 Å². The summed E-state index contributed by atoms with van der Waals surface area (Å²) in [6.07, 6.45) is 4.89. The molecule has 0 aliphatic heterocycles. The zero-order chi connectivity index (χ0) is 20.2. The Morgan fingerprint density at radius 3 is 2.79 bits per heavy atom. The minimum atomic E-state index is -0.174. The Kier molecular flexibility index (Phi) is 5.64. The van der Waals surface area contributed by atoms with Gasteiger partial charge in [-0.1, -0.05) is 23.4 Å². The normalized spacial score (nSPS) is 15.4. The lowest BCUT2D eigenvalue weighted by Crippen LogP contribution is -2.30. The molecule has 7 nitrogen and oxygen atoms in total. The topological polar surface area (TPSA) is 78.3 Å². The van der Waals surface area contributed by atoms with Crippen LogP contribution in [0.1, 0.15) is 44.2 Å². The highest BCUT2D eigenvalue weighted by Crippen LogP contribution is 2.33. The number of ether oxygens (including phenoxy) is 2. The quantitative estimate of drug-likeness (QED) is 0.662. The molecule has 0 spiro atoms. The molecule has 1 amide bonds. The third kappa shape index (κ3) is 4.34. The van der Waals surface area contributed by atoms with Gasteiger partial charge < -0.3 is 14.8 Å². The van der Waals surface area contributed by atoms with Crippen molar-refractivity contribution in [3.8, 4) is 11.5 Å². The predicted molar refractivity (Wildman–Crippen MR) is 110 cm³/mol. The molecule has 4 rings (SSSR count). The number of methoxy groups -OCH3 is 1. The maximum absolute atomic E-state index is 12.5. The molecule has 0 unspecified atom stereocenters. The molecule has 1 aromatic heterocycles. The van der Waals surface area contributed by atoms with Crippen LogP contribution in [0.4, 0.5) is 0 Å². The first kappa shape index (κ1) is 19.2. The van der Waals surface area contributed by atoms with Crippen molar-refractivity contribution in [2.45, 2.75) is 51.3 Å². The van der Waals surface area contributed by atoms with E-state index in [0.29, 0.717) is 5.75 Å². The summed E-state index contributed by atoms with van der Waals surface area (Å²) in [5, 5.41) is 11.2. The van der Waals surface area contributed by atoms with Crippen molar-refractivity contribution >= 4 is 16.9 Å². The van der Waals surface area contributed by atoms with E-state index in [1.165, 1.54) is 12.8 Å². The highest BCUT2D eigenvalue weighted by atomic mass is 16.5. The number of carbonyl (C=O) groups is 1. The number of nitrogens with one attached hydrogen (secondary N) is 1. The Hall–Kier alpha value is -3.09. The Bertz CT molecular complexity index is 995. The van der Waals surface area contributed by atoms with E-state index in [1.54, 1.807) is 11.8 Å². The number of para-hydroxylation sites is 1. The lowest BCUT2D eigenvalue weighted by Gasteiger charge is -2.19. The minimum absolute atomic E-state index is 0.116. The van der Waals surface area contributed by atoms with E-state index in [0.717, 1.165) is 35.2 Å². The largest absolute Gasteiger partial charge is 0.493 e. The fourth-order valence-electron chi connectivity index (χ4n) is 3.78. The lowest BCUT2D eigenvalue weighted by molar-refractivity contribution is -0.122. The Morgan fingerprint density at radius 1 is 1.21 bits per heavy atom. The van der Waals surface area contributed by atoms with Crippen molar-refractivity contribution in [2.75, 3.05) is 7.11 Å². The Morgan fingerprint density at radius 2 is 2.00 bits per heavy atom. The van der Waals surface area contributed by atoms with Gasteiger partial charge >= 0.3 is 0 Å². The SMILES string of the molecule is COc1cc([C@H](C)NC(=O)Cn2nnc3ccccc32)ccc1OC1CCCC1. The monoisotopic (exact) mass is 394 g/mol. The van der Waals surface area contributed by atoms with Crippen LogP contribution in [0.2, 0.25) is 0 Å². The first-order valence-electron chi connectivity index (χ1n) is 10.1. The van der Waals surface area contributed by atoms with Gasteiger partial charge in [0.2, 0.25) is 5.91 Å². The molecule has 0 saturated heterocycles. The summed E-state index contributed by atoms with van der Waals surface area (Å²) in [6, 6.07) is 13.2. The molecule has 1 atom stereocenters. The van der Waals surface area contributed by atoms with Gasteiger partial charge in [0.1, 0.15) is 12.1 Å². The Balaban J connectivity index is 1.41. The van der Waals surface area contributed by atoms with Gasteiger partial charge in [-0.15, -0.1) is 5.10 Å². The molecule has 1 aliphatic carbocycles. The van der Waals surface area contributed by atoms with Crippen LogP contribution >= 0.6 is 0 Å². The van der Waals surface area contributed by atoms with Crippen LogP contribution in [-0.4, -0.2) is 34.1 Å². The Labute approximate surface area is 170 Å². The van der Waals surface area contributed by atoms with Gasteiger partial charge in [0.25, 0.3) is 0 Å². The number of benzene rings is 2. The molecular weight excluding hydrogens is 368 g/mol. The van der Waals surface area contributed by atoms with Gasteiger partial charge in [0.15, 0.2) is 11.5 Å². The van der Waals surface area contributed by atoms with Gasteiger partial charge in [-0.3, -0.25) is 4.79 Å². The van der Waals surface area contributed by atoms with Crippen LogP contribution in [0.15, 0.2) is 42.5 Å². The number of rotatable bonds is 7. The van der Waals surface area contributed by atoms with Gasteiger partial charge in [-0.2, -0.15) is 0 Å². The molecule has 7 heteroatoms. The fourth-order valence-corrected chi connectivity index (χ4v) is 3.78. The number of carbonyl (C=O) groups excluding carboxylic acids is 1. The molecule has 1 N–H and O–H groups in total. The first-order valence-corrected chi connectivity index (χ1v) is 10.1. The van der Waals surface area contributed by atoms with E-state index in [-0.39, 0.29) is 24.6 Å². The van der Waals surface area contributed by atoms with Crippen LogP contribution in [0.5, 0.6) is 11.5 Å². The van der Waals surface area contributed by atoms with Crippen molar-refractivity contribution in [1.82, 2.24) is 20.3 Å². The summed E-state index contributed by atoms with van der Waals surface area (Å²) in [7, 11) is 1.64. The van der Waals surface area contributed by atoms with Crippen molar-refractivity contribution in [1.29, 1.82) is 0 Å². The van der Waals surface area contributed by atoms with E-state index < -0.39 is 0 Å². The third-order valence-corrected chi connectivity index (χ3v) is 5.37. The lowest BCUT2D eigenvalue weighted by atomic mass is 10.1. The molecule has 1 fully saturated rings. The molecule has 1 heterocycles. The summed E-state index contributed by atoms with van der Waals surface area (Å²) in [5.74, 6) is 1.33. The van der Waals surface area contributed by atoms with E-state index in [4.69, 9.17) is 9.47 Å². The standard InChI is InChI=1S/C22H26N4O3/c1-15(23-22(27)14-26-19-10-6-5-9-18(19)24-25-26)16-11-12-20(21(13-16)28-2)29-17-7-3-4-8-17/h5-6,9-13,15,17H,3-4,7-8,14H2,1-2H3,(H,23,27)/t15-/m0/s1. The average Bonchev–Trinajstić information content (AvgIpc) is 3.38. The van der Waals surface area contributed by atoms with Gasteiger partial charge in [-0.05, 0) is 62.4 Å². The number of amides is 1. The molecule has 0 bridgehead atoms. The van der Waals surface area contributed by atoms with Crippen molar-refractivity contribution in [2.24, 2.45) is 0 Å². The summed E-state index contributed by atoms with van der Waals surface area (Å²) < 4.78 is 13.2. The number of hydrogen-bond acceptors (Lipinski definition) is 5. The van der Waals surface area contributed by atoms with E-state index in [2.05, 4.69) is 15.6 Å². The first-order chi connectivity index (χ1) is 14.1. The van der Waals surface area contributed by atoms with E-state index in [1.807, 2.05) is 49.4 Å². The molecule has 1 saturated carbocycles. The third-order valence-electron chi connectivity index (χ3n) is 5.37. The highest BCUT2D eigenvalue weighted by molar-refractivity contribution is 5.80. The number of nitrogens with zero attached hydrogens (tertiary/aromatic N) is 3. The summed E-state index contributed by atoms with van der Waals surface area (Å²) in [6.45, 7) is 2.06. The zero-order valence-electron chi connectivity index (χ0n) is 16.8. The molecule has 29 heavy (non-hydrogen) atoms. The second kappa shape index (κ2) is 8.51. The smallest absolute Gasteiger partial charge is 0.242 e. The highest BCUT2D eigenvalue weighted by Gasteiger charge is 2.19. The average molecular weight is 394 g/mol. The number of hydrogen-bond donors (Lipinski definition) is 1. The summed E-state index contributed by atoms with van der Waals surface area (Å²) >= 11 is 0. The molecule has 1 aliphatic rings. The number of aromatic nitrogens is 3. The van der Waals surface area contributed by atoms with Crippen molar-refractivity contribution in [3.63, 3.8) is 0 Å². The predicted octanol–water partition coefficient (Wildman–Crippen LogP) is 3.64. The van der Waals surface area contributed by atoms with Gasteiger partial charge in [-0.25, -0.2) is 4.68 Å². The van der Waals surface area contributed by atoms with Gasteiger partial charge in [0, 0.05) is 0 Å². The maximum atomic E-state index is 12.5. The second-order valence-electron chi connectivity index (χ2n) is 7.46. The van der Waals surface area contributed by atoms with Gasteiger partial charge in [0.05, 0.1) is 24.8 Å². The molecule has 3 aromatic rings. The van der Waals surface area contributed by atoms with E-state index in [9.17, 15) is 4.79 Å². The van der Waals surface area contributed by atoms with Crippen molar-refractivity contribution in [3.05, 3.63) is 48.0 Å².